The number of amides is 1. The van der Waals surface area contributed by atoms with Gasteiger partial charge in [-0.3, -0.25) is 4.79 Å². The highest BCUT2D eigenvalue weighted by Crippen LogP contribution is 2.36. The lowest BCUT2D eigenvalue weighted by molar-refractivity contribution is -0.146. The van der Waals surface area contributed by atoms with Crippen LogP contribution in [0.25, 0.3) is 0 Å². The van der Waals surface area contributed by atoms with Gasteiger partial charge in [-0.25, -0.2) is 0 Å². The van der Waals surface area contributed by atoms with Crippen LogP contribution in [0.15, 0.2) is 0 Å². The van der Waals surface area contributed by atoms with Gasteiger partial charge in [0, 0.05) is 31.0 Å². The van der Waals surface area contributed by atoms with Crippen LogP contribution in [0.1, 0.15) is 38.5 Å². The largest absolute Gasteiger partial charge is 0.381 e. The number of carbonyl (C=O) groups is 1. The smallest absolute Gasteiger partial charge is 0.226 e. The van der Waals surface area contributed by atoms with Gasteiger partial charge in [0.1, 0.15) is 0 Å². The Morgan fingerprint density at radius 2 is 2.11 bits per heavy atom. The predicted octanol–water partition coefficient (Wildman–Crippen LogP) is 1.39. The predicted molar refractivity (Wildman–Crippen MR) is 73.5 cm³/mol. The van der Waals surface area contributed by atoms with Crippen LogP contribution >= 0.6 is 0 Å². The number of rotatable bonds is 2. The maximum atomic E-state index is 12.9. The fraction of sp³-hybridized carbons (Fsp3) is 0.933. The fourth-order valence-electron chi connectivity index (χ4n) is 4.29. The molecule has 1 amide bonds. The lowest BCUT2D eigenvalue weighted by Gasteiger charge is -2.45. The van der Waals surface area contributed by atoms with Crippen molar-refractivity contribution >= 4 is 5.91 Å². The Kier molecular flexibility index (Phi) is 4.08. The minimum absolute atomic E-state index is 0.201. The maximum absolute atomic E-state index is 12.9. The van der Waals surface area contributed by atoms with Crippen LogP contribution in [-0.4, -0.2) is 43.2 Å². The van der Waals surface area contributed by atoms with Crippen molar-refractivity contribution in [1.82, 2.24) is 4.90 Å². The number of piperidine rings is 1. The molecule has 4 heteroatoms. The Labute approximate surface area is 115 Å². The van der Waals surface area contributed by atoms with Crippen LogP contribution in [0.2, 0.25) is 0 Å². The average Bonchev–Trinajstić information content (AvgIpc) is 2.94. The molecule has 2 aliphatic heterocycles. The summed E-state index contributed by atoms with van der Waals surface area (Å²) in [4.78, 5) is 15.0. The van der Waals surface area contributed by atoms with Gasteiger partial charge in [0.15, 0.2) is 0 Å². The molecule has 1 saturated carbocycles. The van der Waals surface area contributed by atoms with Gasteiger partial charge < -0.3 is 15.4 Å². The van der Waals surface area contributed by atoms with Crippen LogP contribution in [0.5, 0.6) is 0 Å². The highest BCUT2D eigenvalue weighted by Gasteiger charge is 2.41. The first kappa shape index (κ1) is 13.4. The lowest BCUT2D eigenvalue weighted by atomic mass is 9.84. The molecule has 3 aliphatic rings. The van der Waals surface area contributed by atoms with E-state index in [9.17, 15) is 4.79 Å². The molecule has 108 valence electrons. The summed E-state index contributed by atoms with van der Waals surface area (Å²) in [6.07, 6.45) is 6.73. The van der Waals surface area contributed by atoms with Gasteiger partial charge in [-0.1, -0.05) is 6.42 Å². The van der Waals surface area contributed by atoms with Gasteiger partial charge >= 0.3 is 0 Å². The Hall–Kier alpha value is -0.610. The number of hydrogen-bond acceptors (Lipinski definition) is 3. The zero-order valence-corrected chi connectivity index (χ0v) is 11.7. The first-order chi connectivity index (χ1) is 9.31. The zero-order valence-electron chi connectivity index (χ0n) is 11.7. The molecule has 0 aromatic carbocycles. The average molecular weight is 266 g/mol. The Morgan fingerprint density at radius 1 is 1.21 bits per heavy atom. The third kappa shape index (κ3) is 2.52. The summed E-state index contributed by atoms with van der Waals surface area (Å²) in [5.74, 6) is 1.59. The molecule has 2 N–H and O–H groups in total. The second-order valence-electron chi connectivity index (χ2n) is 6.40. The van der Waals surface area contributed by atoms with E-state index in [0.29, 0.717) is 30.3 Å². The van der Waals surface area contributed by atoms with Crippen molar-refractivity contribution in [1.29, 1.82) is 0 Å². The summed E-state index contributed by atoms with van der Waals surface area (Å²) in [6.45, 7) is 3.28. The Bertz CT molecular complexity index is 332. The van der Waals surface area contributed by atoms with E-state index in [2.05, 4.69) is 4.90 Å². The number of nitrogens with zero attached hydrogens (tertiary/aromatic N) is 1. The van der Waals surface area contributed by atoms with Gasteiger partial charge in [0.2, 0.25) is 5.91 Å². The van der Waals surface area contributed by atoms with E-state index in [1.807, 2.05) is 0 Å². The van der Waals surface area contributed by atoms with E-state index in [1.165, 1.54) is 12.8 Å². The number of likely N-dealkylation sites (tertiary alicyclic amines) is 1. The first-order valence-corrected chi connectivity index (χ1v) is 7.89. The Morgan fingerprint density at radius 3 is 2.95 bits per heavy atom. The lowest BCUT2D eigenvalue weighted by Crippen LogP contribution is -2.54. The summed E-state index contributed by atoms with van der Waals surface area (Å²) in [6, 6.07) is 0.439. The minimum atomic E-state index is 0.201. The maximum Gasteiger partial charge on any atom is 0.226 e. The van der Waals surface area contributed by atoms with Crippen molar-refractivity contribution in [3.63, 3.8) is 0 Å². The van der Waals surface area contributed by atoms with Gasteiger partial charge in [-0.2, -0.15) is 0 Å². The molecule has 2 unspecified atom stereocenters. The summed E-state index contributed by atoms with van der Waals surface area (Å²) in [5, 5.41) is 0. The van der Waals surface area contributed by atoms with E-state index in [0.717, 1.165) is 45.4 Å². The number of ether oxygens (including phenoxy) is 1. The third-order valence-electron chi connectivity index (χ3n) is 5.37. The molecule has 0 radical (unpaired) electrons. The third-order valence-corrected chi connectivity index (χ3v) is 5.37. The minimum Gasteiger partial charge on any atom is -0.381 e. The number of fused-ring (bicyclic) bond motifs is 1. The normalized spacial score (nSPS) is 39.1. The molecule has 0 spiro atoms. The molecule has 0 bridgehead atoms. The topological polar surface area (TPSA) is 55.6 Å². The van der Waals surface area contributed by atoms with Crippen molar-refractivity contribution < 1.29 is 9.53 Å². The molecule has 4 nitrogen and oxygen atoms in total. The first-order valence-electron chi connectivity index (χ1n) is 7.89. The number of nitrogens with two attached hydrogens (primary N) is 1. The Balaban J connectivity index is 1.71. The summed E-state index contributed by atoms with van der Waals surface area (Å²) < 4.78 is 5.58. The van der Waals surface area contributed by atoms with Crippen molar-refractivity contribution in [3.8, 4) is 0 Å². The van der Waals surface area contributed by atoms with Crippen molar-refractivity contribution in [3.05, 3.63) is 0 Å². The number of hydrogen-bond donors (Lipinski definition) is 1. The zero-order chi connectivity index (χ0) is 13.2. The van der Waals surface area contributed by atoms with Crippen molar-refractivity contribution in [2.24, 2.45) is 23.5 Å². The summed E-state index contributed by atoms with van der Waals surface area (Å²) >= 11 is 0. The van der Waals surface area contributed by atoms with Gasteiger partial charge in [-0.15, -0.1) is 0 Å². The van der Waals surface area contributed by atoms with Gasteiger partial charge in [0.05, 0.1) is 6.61 Å². The molecular weight excluding hydrogens is 240 g/mol. The standard InChI is InChI=1S/C15H26N2O2/c16-9-11-3-1-5-13(11)15(18)17-7-2-4-12-10-19-8-6-14(12)17/h11-14H,1-10,16H2/t11-,12?,13-,14?/m1/s1. The van der Waals surface area contributed by atoms with Crippen LogP contribution < -0.4 is 5.73 Å². The number of carbonyl (C=O) groups excluding carboxylic acids is 1. The molecular formula is C15H26N2O2. The van der Waals surface area contributed by atoms with Crippen LogP contribution in [0.3, 0.4) is 0 Å². The highest BCUT2D eigenvalue weighted by atomic mass is 16.5. The quantitative estimate of drug-likeness (QED) is 0.821. The highest BCUT2D eigenvalue weighted by molar-refractivity contribution is 5.80. The van der Waals surface area contributed by atoms with Crippen molar-refractivity contribution in [2.75, 3.05) is 26.3 Å². The van der Waals surface area contributed by atoms with Gasteiger partial charge in [-0.05, 0) is 44.6 Å². The molecule has 2 heterocycles. The molecule has 19 heavy (non-hydrogen) atoms. The monoisotopic (exact) mass is 266 g/mol. The second-order valence-corrected chi connectivity index (χ2v) is 6.40. The molecule has 4 atom stereocenters. The summed E-state index contributed by atoms with van der Waals surface area (Å²) in [5.41, 5.74) is 5.83. The van der Waals surface area contributed by atoms with Crippen molar-refractivity contribution in [2.45, 2.75) is 44.6 Å². The molecule has 0 aromatic rings. The van der Waals surface area contributed by atoms with E-state index < -0.39 is 0 Å². The van der Waals surface area contributed by atoms with Crippen LogP contribution in [0.4, 0.5) is 0 Å². The molecule has 0 aromatic heterocycles. The molecule has 3 fully saturated rings. The molecule has 2 saturated heterocycles. The van der Waals surface area contributed by atoms with E-state index in [1.54, 1.807) is 0 Å². The fourth-order valence-corrected chi connectivity index (χ4v) is 4.29. The van der Waals surface area contributed by atoms with Crippen LogP contribution in [0, 0.1) is 17.8 Å². The van der Waals surface area contributed by atoms with E-state index >= 15 is 0 Å². The summed E-state index contributed by atoms with van der Waals surface area (Å²) in [7, 11) is 0. The van der Waals surface area contributed by atoms with Gasteiger partial charge in [0.25, 0.3) is 0 Å². The molecule has 3 rings (SSSR count). The molecule has 1 aliphatic carbocycles. The van der Waals surface area contributed by atoms with Crippen LogP contribution in [-0.2, 0) is 9.53 Å². The second kappa shape index (κ2) is 5.80. The SMILES string of the molecule is NC[C@H]1CCC[C@H]1C(=O)N1CCCC2COCCC21. The van der Waals surface area contributed by atoms with E-state index in [4.69, 9.17) is 10.5 Å². The van der Waals surface area contributed by atoms with E-state index in [-0.39, 0.29) is 5.92 Å².